The number of allylic oxidation sites excluding steroid dienone is 1. The minimum atomic E-state index is -0.333. The van der Waals surface area contributed by atoms with Crippen molar-refractivity contribution in [2.24, 2.45) is 18.6 Å². The van der Waals surface area contributed by atoms with Gasteiger partial charge in [0.2, 0.25) is 0 Å². The first-order chi connectivity index (χ1) is 14.0. The van der Waals surface area contributed by atoms with Crippen molar-refractivity contribution in [3.05, 3.63) is 50.0 Å². The van der Waals surface area contributed by atoms with Crippen LogP contribution in [0.3, 0.4) is 0 Å². The summed E-state index contributed by atoms with van der Waals surface area (Å²) in [5.74, 6) is 5.23. The van der Waals surface area contributed by atoms with Gasteiger partial charge in [-0.15, -0.1) is 22.7 Å². The average Bonchev–Trinajstić information content (AvgIpc) is 3.41. The molecule has 4 heterocycles. The fourth-order valence-corrected chi connectivity index (χ4v) is 4.89. The Morgan fingerprint density at radius 3 is 3.00 bits per heavy atom. The van der Waals surface area contributed by atoms with Gasteiger partial charge in [0.05, 0.1) is 28.6 Å². The summed E-state index contributed by atoms with van der Waals surface area (Å²) in [6.07, 6.45) is 2.76. The number of thiazole rings is 2. The van der Waals surface area contributed by atoms with Gasteiger partial charge in [-0.05, 0) is 6.92 Å². The molecule has 0 radical (unpaired) electrons. The summed E-state index contributed by atoms with van der Waals surface area (Å²) in [6.45, 7) is 2.61. The molecule has 0 saturated carbocycles. The molecule has 0 amide bonds. The average molecular weight is 433 g/mol. The minimum Gasteiger partial charge on any atom is -0.399 e. The summed E-state index contributed by atoms with van der Waals surface area (Å²) in [5.41, 5.74) is 12.2. The number of rotatable bonds is 7. The summed E-state index contributed by atoms with van der Waals surface area (Å²) < 4.78 is 9.88. The van der Waals surface area contributed by atoms with Crippen LogP contribution in [0.2, 0.25) is 0 Å². The molecule has 4 aromatic rings. The van der Waals surface area contributed by atoms with E-state index in [0.717, 1.165) is 20.8 Å². The molecule has 1 atom stereocenters. The Hall–Kier alpha value is -2.80. The van der Waals surface area contributed by atoms with Crippen LogP contribution in [0, 0.1) is 0 Å². The van der Waals surface area contributed by atoms with E-state index < -0.39 is 0 Å². The highest BCUT2D eigenvalue weighted by Crippen LogP contribution is 2.36. The van der Waals surface area contributed by atoms with Crippen molar-refractivity contribution in [3.8, 4) is 0 Å². The van der Waals surface area contributed by atoms with E-state index in [0.29, 0.717) is 23.5 Å². The first kappa shape index (κ1) is 19.5. The van der Waals surface area contributed by atoms with Crippen molar-refractivity contribution in [1.29, 1.82) is 0 Å². The third kappa shape index (κ3) is 3.40. The first-order valence-electron chi connectivity index (χ1n) is 8.80. The quantitative estimate of drug-likeness (QED) is 0.292. The molecule has 29 heavy (non-hydrogen) atoms. The van der Waals surface area contributed by atoms with Crippen molar-refractivity contribution in [2.45, 2.75) is 19.6 Å². The van der Waals surface area contributed by atoms with Gasteiger partial charge in [0, 0.05) is 36.3 Å². The van der Waals surface area contributed by atoms with Crippen LogP contribution in [0.25, 0.3) is 21.3 Å². The maximum atomic E-state index is 13.0. The van der Waals surface area contributed by atoms with Gasteiger partial charge >= 0.3 is 0 Å². The normalized spacial score (nSPS) is 13.4. The van der Waals surface area contributed by atoms with E-state index in [9.17, 15) is 4.79 Å². The number of fused-ring (bicyclic) bond motifs is 3. The zero-order chi connectivity index (χ0) is 20.5. The highest BCUT2D eigenvalue weighted by atomic mass is 32.1. The lowest BCUT2D eigenvalue weighted by molar-refractivity contribution is 0.0887. The number of nitrogens with one attached hydrogen (secondary N) is 1. The van der Waals surface area contributed by atoms with Gasteiger partial charge in [-0.2, -0.15) is 5.10 Å². The van der Waals surface area contributed by atoms with Gasteiger partial charge in [0.25, 0.3) is 5.56 Å². The standard InChI is InChI=1S/C17H20N8O2S2/c1-3-27-13(11-7-28-8-20-11)16-23-15-14(29-16)10-5-22-25(6-9(18)4-21-19)17(26)12(10)24(15)2/h4-5,7-8,13,21H,3,6,18-19H2,1-2H3/b9-4-. The Kier molecular flexibility index (Phi) is 5.32. The lowest BCUT2D eigenvalue weighted by Crippen LogP contribution is -2.27. The van der Waals surface area contributed by atoms with Crippen molar-refractivity contribution < 1.29 is 4.74 Å². The second-order valence-electron chi connectivity index (χ2n) is 6.27. The van der Waals surface area contributed by atoms with E-state index in [2.05, 4.69) is 15.5 Å². The fraction of sp³-hybridized carbons (Fsp3) is 0.294. The molecular weight excluding hydrogens is 412 g/mol. The monoisotopic (exact) mass is 432 g/mol. The van der Waals surface area contributed by atoms with E-state index in [1.807, 2.05) is 19.4 Å². The van der Waals surface area contributed by atoms with Gasteiger partial charge in [-0.25, -0.2) is 14.6 Å². The molecule has 12 heteroatoms. The van der Waals surface area contributed by atoms with Crippen LogP contribution >= 0.6 is 22.7 Å². The Morgan fingerprint density at radius 1 is 1.48 bits per heavy atom. The number of aryl methyl sites for hydroxylation is 1. The molecule has 0 bridgehead atoms. The number of nitrogens with zero attached hydrogens (tertiary/aromatic N) is 5. The third-order valence-electron chi connectivity index (χ3n) is 4.42. The smallest absolute Gasteiger partial charge is 0.291 e. The number of hydrazine groups is 1. The molecule has 0 aliphatic carbocycles. The summed E-state index contributed by atoms with van der Waals surface area (Å²) in [7, 11) is 1.82. The molecule has 0 aliphatic rings. The predicted molar refractivity (Wildman–Crippen MR) is 113 cm³/mol. The summed E-state index contributed by atoms with van der Waals surface area (Å²) in [6, 6.07) is 0. The predicted octanol–water partition coefficient (Wildman–Crippen LogP) is 1.19. The van der Waals surface area contributed by atoms with Crippen LogP contribution in [0.15, 0.2) is 33.8 Å². The molecular formula is C17H20N8O2S2. The van der Waals surface area contributed by atoms with Crippen LogP contribution < -0.4 is 22.6 Å². The van der Waals surface area contributed by atoms with Gasteiger partial charge in [0.1, 0.15) is 10.5 Å². The van der Waals surface area contributed by atoms with E-state index in [1.165, 1.54) is 33.6 Å². The minimum absolute atomic E-state index is 0.132. The lowest BCUT2D eigenvalue weighted by Gasteiger charge is -2.11. The Balaban J connectivity index is 1.83. The van der Waals surface area contributed by atoms with Crippen LogP contribution in [-0.2, 0) is 18.3 Å². The van der Waals surface area contributed by atoms with E-state index in [-0.39, 0.29) is 18.2 Å². The third-order valence-corrected chi connectivity index (χ3v) is 6.15. The van der Waals surface area contributed by atoms with Crippen molar-refractivity contribution in [1.82, 2.24) is 29.7 Å². The zero-order valence-electron chi connectivity index (χ0n) is 15.8. The van der Waals surface area contributed by atoms with Crippen molar-refractivity contribution in [3.63, 3.8) is 0 Å². The maximum absolute atomic E-state index is 13.0. The molecule has 0 aromatic carbocycles. The van der Waals surface area contributed by atoms with Gasteiger partial charge in [0.15, 0.2) is 11.8 Å². The Labute approximate surface area is 173 Å². The number of aromatic nitrogens is 5. The SMILES string of the molecule is CCOC(c1cscn1)c1nc2c(s1)c1cnn(C/C(N)=C/NN)c(=O)c1n2C. The molecule has 0 aliphatic heterocycles. The van der Waals surface area contributed by atoms with Gasteiger partial charge in [-0.1, -0.05) is 0 Å². The molecule has 0 saturated heterocycles. The van der Waals surface area contributed by atoms with E-state index in [1.54, 1.807) is 16.3 Å². The second kappa shape index (κ2) is 7.91. The zero-order valence-corrected chi connectivity index (χ0v) is 17.5. The molecule has 152 valence electrons. The van der Waals surface area contributed by atoms with Crippen LogP contribution in [0.1, 0.15) is 23.7 Å². The Morgan fingerprint density at radius 2 is 2.31 bits per heavy atom. The first-order valence-corrected chi connectivity index (χ1v) is 10.6. The van der Waals surface area contributed by atoms with Crippen LogP contribution in [0.4, 0.5) is 0 Å². The summed E-state index contributed by atoms with van der Waals surface area (Å²) in [5, 5.41) is 7.78. The summed E-state index contributed by atoms with van der Waals surface area (Å²) in [4.78, 5) is 22.1. The molecule has 4 rings (SSSR count). The lowest BCUT2D eigenvalue weighted by atomic mass is 10.3. The van der Waals surface area contributed by atoms with Crippen molar-refractivity contribution >= 4 is 43.9 Å². The number of hydrogen-bond acceptors (Lipinski definition) is 10. The van der Waals surface area contributed by atoms with E-state index in [4.69, 9.17) is 21.3 Å². The summed E-state index contributed by atoms with van der Waals surface area (Å²) >= 11 is 3.00. The number of ether oxygens (including phenoxy) is 1. The molecule has 4 aromatic heterocycles. The fourth-order valence-electron chi connectivity index (χ4n) is 3.16. The Bertz CT molecular complexity index is 1240. The van der Waals surface area contributed by atoms with Gasteiger partial charge < -0.3 is 20.5 Å². The molecule has 5 N–H and O–H groups in total. The largest absolute Gasteiger partial charge is 0.399 e. The van der Waals surface area contributed by atoms with Gasteiger partial charge in [-0.3, -0.25) is 10.6 Å². The molecule has 1 unspecified atom stereocenters. The van der Waals surface area contributed by atoms with Crippen molar-refractivity contribution in [2.75, 3.05) is 6.61 Å². The highest BCUT2D eigenvalue weighted by Gasteiger charge is 2.24. The number of nitrogens with two attached hydrogens (primary N) is 2. The van der Waals surface area contributed by atoms with Crippen LogP contribution in [-0.4, -0.2) is 30.9 Å². The molecule has 0 spiro atoms. The number of hydrogen-bond donors (Lipinski definition) is 3. The highest BCUT2D eigenvalue weighted by molar-refractivity contribution is 7.19. The molecule has 10 nitrogen and oxygen atoms in total. The molecule has 0 fully saturated rings. The topological polar surface area (TPSA) is 139 Å². The second-order valence-corrected chi connectivity index (χ2v) is 8.02. The van der Waals surface area contributed by atoms with Crippen LogP contribution in [0.5, 0.6) is 0 Å². The van der Waals surface area contributed by atoms with E-state index >= 15 is 0 Å². The maximum Gasteiger partial charge on any atom is 0.291 e.